The molecule has 0 unspecified atom stereocenters. The highest BCUT2D eigenvalue weighted by Gasteiger charge is 2.08. The smallest absolute Gasteiger partial charge is 0.272 e. The van der Waals surface area contributed by atoms with Crippen LogP contribution in [0.5, 0.6) is 0 Å². The zero-order valence-corrected chi connectivity index (χ0v) is 15.7. The molecule has 25 heavy (non-hydrogen) atoms. The van der Waals surface area contributed by atoms with Crippen molar-refractivity contribution in [1.29, 1.82) is 0 Å². The first-order valence-electron chi connectivity index (χ1n) is 7.95. The van der Waals surface area contributed by atoms with Crippen LogP contribution in [0.25, 0.3) is 16.3 Å². The zero-order chi connectivity index (χ0) is 17.8. The molecule has 0 aliphatic carbocycles. The molecule has 2 aromatic heterocycles. The van der Waals surface area contributed by atoms with Crippen LogP contribution in [0.4, 0.5) is 0 Å². The van der Waals surface area contributed by atoms with E-state index in [0.717, 1.165) is 15.1 Å². The Labute approximate surface area is 155 Å². The van der Waals surface area contributed by atoms with Crippen molar-refractivity contribution in [1.82, 2.24) is 4.57 Å². The van der Waals surface area contributed by atoms with Gasteiger partial charge in [-0.1, -0.05) is 43.2 Å². The number of amides is 1. The molecule has 0 fully saturated rings. The summed E-state index contributed by atoms with van der Waals surface area (Å²) in [6.45, 7) is 4.71. The van der Waals surface area contributed by atoms with Gasteiger partial charge >= 0.3 is 0 Å². The number of benzene rings is 1. The minimum absolute atomic E-state index is 0.283. The SMILES string of the molecule is C#CCn1c(=NC(=O)C=Cc2cccs2)sc2cc(C(C)C)ccc21. The quantitative estimate of drug-likeness (QED) is 0.488. The molecule has 2 heterocycles. The van der Waals surface area contributed by atoms with Crippen molar-refractivity contribution in [2.45, 2.75) is 26.3 Å². The van der Waals surface area contributed by atoms with Gasteiger partial charge in [0, 0.05) is 11.0 Å². The van der Waals surface area contributed by atoms with Gasteiger partial charge in [-0.2, -0.15) is 4.99 Å². The minimum Gasteiger partial charge on any atom is -0.305 e. The fourth-order valence-corrected chi connectivity index (χ4v) is 4.15. The maximum absolute atomic E-state index is 12.2. The minimum atomic E-state index is -0.283. The lowest BCUT2D eigenvalue weighted by Crippen LogP contribution is -2.15. The molecule has 0 bridgehead atoms. The topological polar surface area (TPSA) is 34.4 Å². The average molecular weight is 367 g/mol. The van der Waals surface area contributed by atoms with E-state index >= 15 is 0 Å². The molecular weight excluding hydrogens is 348 g/mol. The first-order chi connectivity index (χ1) is 12.1. The van der Waals surface area contributed by atoms with Gasteiger partial charge in [0.05, 0.1) is 16.8 Å². The number of rotatable bonds is 4. The first-order valence-corrected chi connectivity index (χ1v) is 9.65. The molecule has 0 aliphatic heterocycles. The van der Waals surface area contributed by atoms with Gasteiger partial charge in [0.15, 0.2) is 4.80 Å². The van der Waals surface area contributed by atoms with Gasteiger partial charge in [-0.05, 0) is 41.1 Å². The van der Waals surface area contributed by atoms with E-state index < -0.39 is 0 Å². The fraction of sp³-hybridized carbons (Fsp3) is 0.200. The third-order valence-electron chi connectivity index (χ3n) is 3.76. The second-order valence-corrected chi connectivity index (χ2v) is 7.84. The number of aromatic nitrogens is 1. The summed E-state index contributed by atoms with van der Waals surface area (Å²) in [6.07, 6.45) is 8.79. The van der Waals surface area contributed by atoms with Crippen LogP contribution in [-0.4, -0.2) is 10.5 Å². The Bertz CT molecular complexity index is 1030. The molecule has 0 saturated carbocycles. The van der Waals surface area contributed by atoms with E-state index in [1.54, 1.807) is 17.4 Å². The highest BCUT2D eigenvalue weighted by molar-refractivity contribution is 7.16. The van der Waals surface area contributed by atoms with Gasteiger partial charge in [-0.3, -0.25) is 4.79 Å². The van der Waals surface area contributed by atoms with E-state index in [1.165, 1.54) is 23.0 Å². The van der Waals surface area contributed by atoms with Gasteiger partial charge in [0.1, 0.15) is 0 Å². The van der Waals surface area contributed by atoms with Gasteiger partial charge in [0.2, 0.25) is 0 Å². The molecule has 126 valence electrons. The van der Waals surface area contributed by atoms with E-state index in [9.17, 15) is 4.79 Å². The highest BCUT2D eigenvalue weighted by atomic mass is 32.1. The normalized spacial score (nSPS) is 12.3. The molecular formula is C20H18N2OS2. The van der Waals surface area contributed by atoms with Crippen LogP contribution in [0.3, 0.4) is 0 Å². The summed E-state index contributed by atoms with van der Waals surface area (Å²) in [5.41, 5.74) is 2.28. The van der Waals surface area contributed by atoms with Crippen LogP contribution >= 0.6 is 22.7 Å². The van der Waals surface area contributed by atoms with Crippen LogP contribution in [0.1, 0.15) is 30.2 Å². The van der Waals surface area contributed by atoms with E-state index in [-0.39, 0.29) is 5.91 Å². The Hall–Kier alpha value is -2.42. The van der Waals surface area contributed by atoms with Crippen molar-refractivity contribution in [3.63, 3.8) is 0 Å². The number of hydrogen-bond donors (Lipinski definition) is 0. The predicted octanol–water partition coefficient (Wildman–Crippen LogP) is 4.66. The number of fused-ring (bicyclic) bond motifs is 1. The fourth-order valence-electron chi connectivity index (χ4n) is 2.45. The number of nitrogens with zero attached hydrogens (tertiary/aromatic N) is 2. The highest BCUT2D eigenvalue weighted by Crippen LogP contribution is 2.23. The lowest BCUT2D eigenvalue weighted by Gasteiger charge is -2.05. The van der Waals surface area contributed by atoms with Crippen LogP contribution in [0.2, 0.25) is 0 Å². The maximum Gasteiger partial charge on any atom is 0.272 e. The van der Waals surface area contributed by atoms with Crippen LogP contribution in [-0.2, 0) is 11.3 Å². The van der Waals surface area contributed by atoms with Crippen molar-refractivity contribution in [3.05, 3.63) is 57.0 Å². The number of hydrogen-bond acceptors (Lipinski definition) is 3. The average Bonchev–Trinajstić information content (AvgIpc) is 3.21. The lowest BCUT2D eigenvalue weighted by atomic mass is 10.0. The second-order valence-electron chi connectivity index (χ2n) is 5.86. The third kappa shape index (κ3) is 3.98. The summed E-state index contributed by atoms with van der Waals surface area (Å²) in [4.78, 5) is 18.1. The Kier molecular flexibility index (Phi) is 5.32. The molecule has 3 aromatic rings. The molecule has 0 aliphatic rings. The van der Waals surface area contributed by atoms with Crippen molar-refractivity contribution in [3.8, 4) is 12.3 Å². The predicted molar refractivity (Wildman–Crippen MR) is 107 cm³/mol. The van der Waals surface area contributed by atoms with Crippen molar-refractivity contribution < 1.29 is 4.79 Å². The van der Waals surface area contributed by atoms with E-state index in [0.29, 0.717) is 17.3 Å². The van der Waals surface area contributed by atoms with E-state index in [4.69, 9.17) is 6.42 Å². The Morgan fingerprint density at radius 2 is 2.24 bits per heavy atom. The summed E-state index contributed by atoms with van der Waals surface area (Å²) < 4.78 is 3.01. The Morgan fingerprint density at radius 1 is 1.40 bits per heavy atom. The monoisotopic (exact) mass is 366 g/mol. The van der Waals surface area contributed by atoms with E-state index in [2.05, 4.69) is 43.0 Å². The molecule has 0 N–H and O–H groups in total. The Balaban J connectivity index is 2.03. The lowest BCUT2D eigenvalue weighted by molar-refractivity contribution is -0.113. The molecule has 1 amide bonds. The summed E-state index contributed by atoms with van der Waals surface area (Å²) in [5.74, 6) is 2.81. The first kappa shape index (κ1) is 17.4. The van der Waals surface area contributed by atoms with E-state index in [1.807, 2.05) is 22.1 Å². The largest absolute Gasteiger partial charge is 0.305 e. The van der Waals surface area contributed by atoms with Crippen molar-refractivity contribution >= 4 is 44.9 Å². The summed E-state index contributed by atoms with van der Waals surface area (Å²) >= 11 is 3.08. The third-order valence-corrected chi connectivity index (χ3v) is 5.64. The number of carbonyl (C=O) groups is 1. The number of thiazole rings is 1. The molecule has 0 spiro atoms. The van der Waals surface area contributed by atoms with Gasteiger partial charge in [0.25, 0.3) is 5.91 Å². The molecule has 5 heteroatoms. The van der Waals surface area contributed by atoms with Gasteiger partial charge in [-0.25, -0.2) is 0 Å². The number of carbonyl (C=O) groups excluding carboxylic acids is 1. The standard InChI is InChI=1S/C20H18N2OS2/c1-4-11-22-17-9-7-15(14(2)3)13-18(17)25-20(22)21-19(23)10-8-16-6-5-12-24-16/h1,5-10,12-14H,11H2,2-3H3. The molecule has 0 atom stereocenters. The molecule has 1 aromatic carbocycles. The molecule has 0 radical (unpaired) electrons. The molecule has 3 nitrogen and oxygen atoms in total. The second kappa shape index (κ2) is 7.64. The van der Waals surface area contributed by atoms with Gasteiger partial charge in [-0.15, -0.1) is 17.8 Å². The van der Waals surface area contributed by atoms with Crippen LogP contribution in [0.15, 0.2) is 46.8 Å². The van der Waals surface area contributed by atoms with Crippen molar-refractivity contribution in [2.24, 2.45) is 4.99 Å². The van der Waals surface area contributed by atoms with Gasteiger partial charge < -0.3 is 4.57 Å². The molecule has 3 rings (SSSR count). The Morgan fingerprint density at radius 3 is 2.92 bits per heavy atom. The summed E-state index contributed by atoms with van der Waals surface area (Å²) in [7, 11) is 0. The van der Waals surface area contributed by atoms with Crippen LogP contribution in [0, 0.1) is 12.3 Å². The van der Waals surface area contributed by atoms with Crippen molar-refractivity contribution in [2.75, 3.05) is 0 Å². The number of thiophene rings is 1. The number of terminal acetylenes is 1. The maximum atomic E-state index is 12.2. The van der Waals surface area contributed by atoms with Crippen LogP contribution < -0.4 is 4.80 Å². The zero-order valence-electron chi connectivity index (χ0n) is 14.1. The molecule has 0 saturated heterocycles. The summed E-state index contributed by atoms with van der Waals surface area (Å²) in [6, 6.07) is 10.2. The summed E-state index contributed by atoms with van der Waals surface area (Å²) in [5, 5.41) is 1.97.